The lowest BCUT2D eigenvalue weighted by atomic mass is 9.82. The van der Waals surface area contributed by atoms with E-state index in [1.807, 2.05) is 60.7 Å². The molecule has 1 heterocycles. The van der Waals surface area contributed by atoms with Crippen LogP contribution < -0.4 is 25.1 Å². The lowest BCUT2D eigenvalue weighted by Gasteiger charge is -2.31. The van der Waals surface area contributed by atoms with E-state index in [9.17, 15) is 4.79 Å². The van der Waals surface area contributed by atoms with Gasteiger partial charge in [-0.25, -0.2) is 10.4 Å². The molecule has 0 bridgehead atoms. The van der Waals surface area contributed by atoms with E-state index in [1.54, 1.807) is 44.6 Å². The number of benzene rings is 4. The molecule has 2 atom stereocenters. The number of nitrogens with one attached hydrogen (secondary N) is 2. The molecule has 0 saturated heterocycles. The number of rotatable bonds is 15. The Kier molecular flexibility index (Phi) is 11.6. The predicted octanol–water partition coefficient (Wildman–Crippen LogP) is 6.13. The van der Waals surface area contributed by atoms with E-state index in [2.05, 4.69) is 10.9 Å². The summed E-state index contributed by atoms with van der Waals surface area (Å²) in [4.78, 5) is 19.4. The van der Waals surface area contributed by atoms with Crippen LogP contribution in [0.15, 0.2) is 96.0 Å². The van der Waals surface area contributed by atoms with Gasteiger partial charge in [0, 0.05) is 47.2 Å². The second-order valence-electron chi connectivity index (χ2n) is 10.9. The van der Waals surface area contributed by atoms with E-state index in [0.29, 0.717) is 70.3 Å². The van der Waals surface area contributed by atoms with Crippen LogP contribution in [0.1, 0.15) is 34.8 Å². The average molecular weight is 679 g/mol. The standard InChI is InChI=1S/C36H37Cl2N3O6/c1-44-31-16-9-24(21-32(31)45-2)17-18-39-41-35(43)36(23-25-7-4-3-5-8-25)33(29-15-12-27(37)22-30(29)38)47-34(40-36)26-10-13-28(14-11-26)46-20-6-19-42/h3-5,7-16,21-22,33,39,42H,6,17-20,23H2,1-2H3,(H,41,43)/t33-,36-/m0/s1. The molecular formula is C36H37Cl2N3O6. The number of hydrazine groups is 1. The van der Waals surface area contributed by atoms with Crippen molar-refractivity contribution in [3.63, 3.8) is 0 Å². The molecule has 3 N–H and O–H groups in total. The van der Waals surface area contributed by atoms with Crippen LogP contribution >= 0.6 is 23.2 Å². The zero-order valence-corrected chi connectivity index (χ0v) is 27.7. The molecule has 4 aromatic carbocycles. The number of hydrogen-bond acceptors (Lipinski definition) is 8. The van der Waals surface area contributed by atoms with Crippen molar-refractivity contribution in [1.29, 1.82) is 0 Å². The first-order valence-electron chi connectivity index (χ1n) is 15.2. The van der Waals surface area contributed by atoms with Crippen molar-refractivity contribution in [3.05, 3.63) is 123 Å². The summed E-state index contributed by atoms with van der Waals surface area (Å²) in [6, 6.07) is 27.7. The van der Waals surface area contributed by atoms with Crippen molar-refractivity contribution in [2.24, 2.45) is 4.99 Å². The van der Waals surface area contributed by atoms with Crippen LogP contribution in [0.2, 0.25) is 10.0 Å². The summed E-state index contributed by atoms with van der Waals surface area (Å²) < 4.78 is 23.0. The van der Waals surface area contributed by atoms with E-state index < -0.39 is 11.6 Å². The maximum absolute atomic E-state index is 14.4. The minimum absolute atomic E-state index is 0.0496. The number of amides is 1. The van der Waals surface area contributed by atoms with Crippen LogP contribution in [0.25, 0.3) is 0 Å². The molecule has 11 heteroatoms. The highest BCUT2D eigenvalue weighted by Gasteiger charge is 2.54. The number of halogens is 2. The number of aliphatic hydroxyl groups excluding tert-OH is 1. The van der Waals surface area contributed by atoms with Gasteiger partial charge in [-0.15, -0.1) is 0 Å². The summed E-state index contributed by atoms with van der Waals surface area (Å²) in [5.41, 5.74) is 7.69. The Labute approximate surface area is 284 Å². The van der Waals surface area contributed by atoms with E-state index in [0.717, 1.165) is 11.1 Å². The first-order chi connectivity index (χ1) is 22.9. The summed E-state index contributed by atoms with van der Waals surface area (Å²) in [6.07, 6.45) is 0.486. The van der Waals surface area contributed by atoms with Crippen LogP contribution in [0.5, 0.6) is 17.2 Å². The van der Waals surface area contributed by atoms with Gasteiger partial charge in [-0.1, -0.05) is 65.7 Å². The molecule has 47 heavy (non-hydrogen) atoms. The molecule has 0 saturated carbocycles. The fraction of sp³-hybridized carbons (Fsp3) is 0.278. The predicted molar refractivity (Wildman–Crippen MR) is 183 cm³/mol. The third-order valence-corrected chi connectivity index (χ3v) is 8.34. The average Bonchev–Trinajstić information content (AvgIpc) is 3.47. The second kappa shape index (κ2) is 16.0. The maximum atomic E-state index is 14.4. The largest absolute Gasteiger partial charge is 0.494 e. The highest BCUT2D eigenvalue weighted by Crippen LogP contribution is 2.45. The summed E-state index contributed by atoms with van der Waals surface area (Å²) in [5, 5.41) is 9.89. The monoisotopic (exact) mass is 677 g/mol. The number of ether oxygens (including phenoxy) is 4. The Morgan fingerprint density at radius 3 is 2.40 bits per heavy atom. The zero-order valence-electron chi connectivity index (χ0n) is 26.2. The fourth-order valence-electron chi connectivity index (χ4n) is 5.37. The molecule has 0 spiro atoms. The van der Waals surface area contributed by atoms with E-state index in [-0.39, 0.29) is 18.9 Å². The molecule has 9 nitrogen and oxygen atoms in total. The maximum Gasteiger partial charge on any atom is 0.266 e. The Morgan fingerprint density at radius 1 is 0.936 bits per heavy atom. The zero-order chi connectivity index (χ0) is 33.2. The molecule has 246 valence electrons. The molecule has 1 aliphatic rings. The van der Waals surface area contributed by atoms with Crippen molar-refractivity contribution >= 4 is 35.0 Å². The van der Waals surface area contributed by atoms with E-state index in [1.165, 1.54) is 0 Å². The topological polar surface area (TPSA) is 111 Å². The summed E-state index contributed by atoms with van der Waals surface area (Å²) >= 11 is 13.0. The molecule has 0 radical (unpaired) electrons. The first kappa shape index (κ1) is 34.1. The Hall–Kier alpha value is -4.28. The summed E-state index contributed by atoms with van der Waals surface area (Å²) in [7, 11) is 3.19. The van der Waals surface area contributed by atoms with Crippen LogP contribution in [-0.4, -0.2) is 56.4 Å². The lowest BCUT2D eigenvalue weighted by Crippen LogP contribution is -2.54. The quantitative estimate of drug-likeness (QED) is 0.102. The Morgan fingerprint density at radius 2 is 1.70 bits per heavy atom. The molecule has 4 aromatic rings. The molecule has 0 aliphatic carbocycles. The van der Waals surface area contributed by atoms with Gasteiger partial charge in [0.15, 0.2) is 23.1 Å². The summed E-state index contributed by atoms with van der Waals surface area (Å²) in [6.45, 7) is 0.877. The minimum atomic E-state index is -1.44. The smallest absolute Gasteiger partial charge is 0.266 e. The van der Waals surface area contributed by atoms with Crippen molar-refractivity contribution in [2.75, 3.05) is 34.0 Å². The Bertz CT molecular complexity index is 1690. The van der Waals surface area contributed by atoms with Gasteiger partial charge in [0.25, 0.3) is 5.91 Å². The third-order valence-electron chi connectivity index (χ3n) is 7.78. The van der Waals surface area contributed by atoms with Gasteiger partial charge in [-0.3, -0.25) is 10.2 Å². The second-order valence-corrected chi connectivity index (χ2v) is 11.8. The number of nitrogens with zero attached hydrogens (tertiary/aromatic N) is 1. The molecule has 5 rings (SSSR count). The Balaban J connectivity index is 1.46. The highest BCUT2D eigenvalue weighted by molar-refractivity contribution is 6.35. The molecular weight excluding hydrogens is 641 g/mol. The van der Waals surface area contributed by atoms with E-state index in [4.69, 9.17) is 52.2 Å². The molecule has 0 aromatic heterocycles. The van der Waals surface area contributed by atoms with Gasteiger partial charge in [0.05, 0.1) is 20.8 Å². The third kappa shape index (κ3) is 8.18. The van der Waals surface area contributed by atoms with Crippen molar-refractivity contribution < 1.29 is 28.8 Å². The SMILES string of the molecule is COc1ccc(CCNNC(=O)[C@@]2(Cc3ccccc3)N=C(c3ccc(OCCCO)cc3)O[C@H]2c2ccc(Cl)cc2Cl)cc1OC. The number of methoxy groups -OCH3 is 2. The van der Waals surface area contributed by atoms with E-state index >= 15 is 0 Å². The van der Waals surface area contributed by atoms with Gasteiger partial charge in [0.1, 0.15) is 5.75 Å². The van der Waals surface area contributed by atoms with Gasteiger partial charge >= 0.3 is 0 Å². The lowest BCUT2D eigenvalue weighted by molar-refractivity contribution is -0.130. The van der Waals surface area contributed by atoms with Crippen molar-refractivity contribution in [1.82, 2.24) is 10.9 Å². The van der Waals surface area contributed by atoms with Crippen LogP contribution in [0.3, 0.4) is 0 Å². The minimum Gasteiger partial charge on any atom is -0.494 e. The first-order valence-corrected chi connectivity index (χ1v) is 16.0. The number of carbonyl (C=O) groups is 1. The highest BCUT2D eigenvalue weighted by atomic mass is 35.5. The van der Waals surface area contributed by atoms with Crippen LogP contribution in [0, 0.1) is 0 Å². The van der Waals surface area contributed by atoms with Gasteiger partial charge in [-0.2, -0.15) is 0 Å². The number of carbonyl (C=O) groups excluding carboxylic acids is 1. The van der Waals surface area contributed by atoms with Crippen LogP contribution in [0.4, 0.5) is 0 Å². The van der Waals surface area contributed by atoms with Crippen molar-refractivity contribution in [2.45, 2.75) is 30.9 Å². The normalized spacial score (nSPS) is 17.0. The van der Waals surface area contributed by atoms with Gasteiger partial charge in [0.2, 0.25) is 5.90 Å². The van der Waals surface area contributed by atoms with Gasteiger partial charge in [-0.05, 0) is 66.1 Å². The number of aliphatic hydroxyl groups is 1. The fourth-order valence-corrected chi connectivity index (χ4v) is 5.88. The van der Waals surface area contributed by atoms with Crippen LogP contribution in [-0.2, 0) is 22.4 Å². The van der Waals surface area contributed by atoms with Gasteiger partial charge < -0.3 is 24.1 Å². The molecule has 0 fully saturated rings. The number of hydrogen-bond donors (Lipinski definition) is 3. The van der Waals surface area contributed by atoms with Crippen molar-refractivity contribution in [3.8, 4) is 17.2 Å². The molecule has 0 unspecified atom stereocenters. The molecule has 1 amide bonds. The number of aliphatic imine (C=N–C) groups is 1. The molecule has 1 aliphatic heterocycles. The summed E-state index contributed by atoms with van der Waals surface area (Å²) in [5.74, 6) is 1.83.